The third-order valence-electron chi connectivity index (χ3n) is 5.26. The Morgan fingerprint density at radius 3 is 2.96 bits per heavy atom. The number of fused-ring (bicyclic) bond motifs is 2. The molecule has 1 aromatic heterocycles. The number of hydrogen-bond acceptors (Lipinski definition) is 4. The molecule has 1 aromatic carbocycles. The van der Waals surface area contributed by atoms with Crippen molar-refractivity contribution in [3.8, 4) is 0 Å². The first-order chi connectivity index (χ1) is 12.1. The van der Waals surface area contributed by atoms with E-state index in [4.69, 9.17) is 4.74 Å². The molecule has 1 aliphatic carbocycles. The maximum atomic E-state index is 12.7. The molecule has 2 fully saturated rings. The van der Waals surface area contributed by atoms with E-state index in [9.17, 15) is 14.4 Å². The molecule has 0 spiro atoms. The van der Waals surface area contributed by atoms with Crippen LogP contribution in [0.4, 0.5) is 0 Å². The summed E-state index contributed by atoms with van der Waals surface area (Å²) >= 11 is 0. The normalized spacial score (nSPS) is 23.0. The van der Waals surface area contributed by atoms with E-state index in [0.29, 0.717) is 24.1 Å². The lowest BCUT2D eigenvalue weighted by Gasteiger charge is -2.37. The molecule has 25 heavy (non-hydrogen) atoms. The molecule has 1 aliphatic heterocycles. The van der Waals surface area contributed by atoms with E-state index < -0.39 is 11.2 Å². The molecule has 7 heteroatoms. The van der Waals surface area contributed by atoms with Crippen LogP contribution in [0.1, 0.15) is 25.7 Å². The fraction of sp³-hybridized carbons (Fsp3) is 0.500. The van der Waals surface area contributed by atoms with Gasteiger partial charge >= 0.3 is 5.69 Å². The largest absolute Gasteiger partial charge is 0.374 e. The molecule has 2 aromatic rings. The van der Waals surface area contributed by atoms with Crippen molar-refractivity contribution >= 4 is 16.8 Å². The average Bonchev–Trinajstić information content (AvgIpc) is 3.10. The predicted octanol–water partition coefficient (Wildman–Crippen LogP) is 0.860. The zero-order valence-electron chi connectivity index (χ0n) is 13.9. The fourth-order valence-electron chi connectivity index (χ4n) is 4.05. The van der Waals surface area contributed by atoms with Crippen LogP contribution in [0.3, 0.4) is 0 Å². The SMILES string of the molecule is O=C(CCn1c(=O)[nH]c(=O)c2ccccc21)N1CCO[C@@H]2CCC[C@@H]21. The van der Waals surface area contributed by atoms with Gasteiger partial charge in [-0.2, -0.15) is 0 Å². The summed E-state index contributed by atoms with van der Waals surface area (Å²) in [6, 6.07) is 7.12. The Bertz CT molecular complexity index is 916. The number of ether oxygens (including phenoxy) is 1. The summed E-state index contributed by atoms with van der Waals surface area (Å²) in [6.45, 7) is 1.44. The number of H-pyrrole nitrogens is 1. The molecule has 2 heterocycles. The van der Waals surface area contributed by atoms with Crippen molar-refractivity contribution in [1.29, 1.82) is 0 Å². The van der Waals surface area contributed by atoms with Crippen LogP contribution in [0.25, 0.3) is 10.9 Å². The number of rotatable bonds is 3. The number of benzene rings is 1. The van der Waals surface area contributed by atoms with E-state index in [1.807, 2.05) is 4.90 Å². The summed E-state index contributed by atoms with van der Waals surface area (Å²) in [5, 5.41) is 0.455. The van der Waals surface area contributed by atoms with E-state index in [2.05, 4.69) is 4.98 Å². The van der Waals surface area contributed by atoms with Crippen LogP contribution >= 0.6 is 0 Å². The number of aromatic nitrogens is 2. The first kappa shape index (κ1) is 16.1. The highest BCUT2D eigenvalue weighted by Crippen LogP contribution is 2.30. The summed E-state index contributed by atoms with van der Waals surface area (Å²) < 4.78 is 7.22. The maximum absolute atomic E-state index is 12.7. The highest BCUT2D eigenvalue weighted by Gasteiger charge is 2.38. The van der Waals surface area contributed by atoms with E-state index >= 15 is 0 Å². The lowest BCUT2D eigenvalue weighted by atomic mass is 10.1. The Morgan fingerprint density at radius 2 is 2.08 bits per heavy atom. The number of aromatic amines is 1. The minimum absolute atomic E-state index is 0.0439. The van der Waals surface area contributed by atoms with Crippen molar-refractivity contribution in [3.05, 3.63) is 45.1 Å². The first-order valence-corrected chi connectivity index (χ1v) is 8.78. The Kier molecular flexibility index (Phi) is 4.17. The molecule has 1 N–H and O–H groups in total. The van der Waals surface area contributed by atoms with E-state index in [1.54, 1.807) is 24.3 Å². The van der Waals surface area contributed by atoms with Crippen molar-refractivity contribution in [2.45, 2.75) is 44.4 Å². The summed E-state index contributed by atoms with van der Waals surface area (Å²) in [4.78, 5) is 41.0. The molecule has 2 aliphatic rings. The molecular weight excluding hydrogens is 322 g/mol. The topological polar surface area (TPSA) is 84.4 Å². The van der Waals surface area contributed by atoms with E-state index in [1.165, 1.54) is 4.57 Å². The van der Waals surface area contributed by atoms with Crippen LogP contribution in [0, 0.1) is 0 Å². The minimum atomic E-state index is -0.475. The van der Waals surface area contributed by atoms with Gasteiger partial charge in [-0.3, -0.25) is 19.1 Å². The van der Waals surface area contributed by atoms with Gasteiger partial charge in [0.2, 0.25) is 5.91 Å². The lowest BCUT2D eigenvalue weighted by Crippen LogP contribution is -2.51. The van der Waals surface area contributed by atoms with Crippen LogP contribution in [0.5, 0.6) is 0 Å². The highest BCUT2D eigenvalue weighted by atomic mass is 16.5. The smallest absolute Gasteiger partial charge is 0.328 e. The maximum Gasteiger partial charge on any atom is 0.328 e. The molecule has 0 bridgehead atoms. The number of nitrogens with one attached hydrogen (secondary N) is 1. The van der Waals surface area contributed by atoms with Gasteiger partial charge in [0, 0.05) is 19.5 Å². The van der Waals surface area contributed by atoms with Gasteiger partial charge in [-0.1, -0.05) is 12.1 Å². The van der Waals surface area contributed by atoms with Gasteiger partial charge in [-0.05, 0) is 31.4 Å². The van der Waals surface area contributed by atoms with Crippen LogP contribution < -0.4 is 11.2 Å². The molecule has 4 rings (SSSR count). The van der Waals surface area contributed by atoms with Gasteiger partial charge in [0.1, 0.15) is 0 Å². The van der Waals surface area contributed by atoms with Crippen molar-refractivity contribution < 1.29 is 9.53 Å². The molecular formula is C18H21N3O4. The highest BCUT2D eigenvalue weighted by molar-refractivity contribution is 5.79. The van der Waals surface area contributed by atoms with Gasteiger partial charge < -0.3 is 9.64 Å². The van der Waals surface area contributed by atoms with Crippen molar-refractivity contribution in [2.75, 3.05) is 13.2 Å². The number of hydrogen-bond donors (Lipinski definition) is 1. The quantitative estimate of drug-likeness (QED) is 0.896. The number of aryl methyl sites for hydroxylation is 1. The molecule has 1 saturated carbocycles. The second-order valence-corrected chi connectivity index (χ2v) is 6.67. The molecule has 1 amide bonds. The number of morpholine rings is 1. The van der Waals surface area contributed by atoms with Crippen LogP contribution in [0.2, 0.25) is 0 Å². The van der Waals surface area contributed by atoms with Crippen molar-refractivity contribution in [3.63, 3.8) is 0 Å². The van der Waals surface area contributed by atoms with E-state index in [0.717, 1.165) is 19.3 Å². The van der Waals surface area contributed by atoms with Crippen LogP contribution in [0.15, 0.2) is 33.9 Å². The third kappa shape index (κ3) is 2.89. The second-order valence-electron chi connectivity index (χ2n) is 6.67. The monoisotopic (exact) mass is 343 g/mol. The number of nitrogens with zero attached hydrogens (tertiary/aromatic N) is 2. The number of carbonyl (C=O) groups excluding carboxylic acids is 1. The Balaban J connectivity index is 1.55. The number of carbonyl (C=O) groups is 1. The molecule has 132 valence electrons. The molecule has 2 atom stereocenters. The number of amides is 1. The van der Waals surface area contributed by atoms with Crippen LogP contribution in [-0.4, -0.2) is 45.7 Å². The minimum Gasteiger partial charge on any atom is -0.374 e. The Labute approximate surface area is 144 Å². The van der Waals surface area contributed by atoms with E-state index in [-0.39, 0.29) is 31.0 Å². The Hall–Kier alpha value is -2.41. The zero-order valence-corrected chi connectivity index (χ0v) is 13.9. The van der Waals surface area contributed by atoms with Gasteiger partial charge in [0.15, 0.2) is 0 Å². The van der Waals surface area contributed by atoms with Gasteiger partial charge in [-0.25, -0.2) is 4.79 Å². The zero-order chi connectivity index (χ0) is 17.4. The fourth-order valence-corrected chi connectivity index (χ4v) is 4.05. The van der Waals surface area contributed by atoms with Gasteiger partial charge in [-0.15, -0.1) is 0 Å². The summed E-state index contributed by atoms with van der Waals surface area (Å²) in [5.41, 5.74) is -0.313. The summed E-state index contributed by atoms with van der Waals surface area (Å²) in [5.74, 6) is 0.0439. The average molecular weight is 343 g/mol. The molecule has 7 nitrogen and oxygen atoms in total. The molecule has 0 unspecified atom stereocenters. The van der Waals surface area contributed by atoms with Crippen LogP contribution in [-0.2, 0) is 16.1 Å². The van der Waals surface area contributed by atoms with Gasteiger partial charge in [0.05, 0.1) is 29.7 Å². The van der Waals surface area contributed by atoms with Crippen molar-refractivity contribution in [1.82, 2.24) is 14.5 Å². The standard InChI is InChI=1S/C18H21N3O4/c22-16(20-10-11-25-15-7-3-6-14(15)20)8-9-21-13-5-2-1-4-12(13)17(23)19-18(21)24/h1-2,4-5,14-15H,3,6-11H2,(H,19,23,24)/t14-,15+/m0/s1. The summed E-state index contributed by atoms with van der Waals surface area (Å²) in [6.07, 6.45) is 3.48. The Morgan fingerprint density at radius 1 is 1.24 bits per heavy atom. The predicted molar refractivity (Wildman–Crippen MR) is 92.5 cm³/mol. The molecule has 0 radical (unpaired) electrons. The molecule has 1 saturated heterocycles. The number of para-hydroxylation sites is 1. The van der Waals surface area contributed by atoms with Gasteiger partial charge in [0.25, 0.3) is 5.56 Å². The third-order valence-corrected chi connectivity index (χ3v) is 5.26. The second kappa shape index (κ2) is 6.48. The first-order valence-electron chi connectivity index (χ1n) is 8.78. The lowest BCUT2D eigenvalue weighted by molar-refractivity contribution is -0.144. The summed E-state index contributed by atoms with van der Waals surface area (Å²) in [7, 11) is 0. The van der Waals surface area contributed by atoms with Crippen molar-refractivity contribution in [2.24, 2.45) is 0 Å².